The average molecular weight is 384 g/mol. The van der Waals surface area contributed by atoms with E-state index in [4.69, 9.17) is 0 Å². The van der Waals surface area contributed by atoms with Gasteiger partial charge in [0.2, 0.25) is 0 Å². The van der Waals surface area contributed by atoms with E-state index in [0.29, 0.717) is 5.69 Å². The van der Waals surface area contributed by atoms with E-state index < -0.39 is 6.03 Å². The van der Waals surface area contributed by atoms with Crippen LogP contribution in [-0.2, 0) is 11.3 Å². The van der Waals surface area contributed by atoms with Crippen LogP contribution in [0.1, 0.15) is 23.6 Å². The third-order valence-electron chi connectivity index (χ3n) is 4.70. The van der Waals surface area contributed by atoms with E-state index in [1.165, 1.54) is 0 Å². The van der Waals surface area contributed by atoms with E-state index in [9.17, 15) is 9.59 Å². The van der Waals surface area contributed by atoms with E-state index in [1.54, 1.807) is 0 Å². The number of hydrogen-bond donors (Lipinski definition) is 3. The van der Waals surface area contributed by atoms with Gasteiger partial charge in [-0.1, -0.05) is 29.8 Å². The Balaban J connectivity index is 1.87. The van der Waals surface area contributed by atoms with Gasteiger partial charge in [0.25, 0.3) is 5.91 Å². The van der Waals surface area contributed by atoms with Gasteiger partial charge in [0.1, 0.15) is 6.54 Å². The molecular weight excluding hydrogens is 352 g/mol. The predicted molar refractivity (Wildman–Crippen MR) is 114 cm³/mol. The van der Waals surface area contributed by atoms with Crippen LogP contribution >= 0.6 is 0 Å². The molecule has 0 spiro atoms. The summed E-state index contributed by atoms with van der Waals surface area (Å²) >= 11 is 0. The average Bonchev–Trinajstić information content (AvgIpc) is 2.63. The third kappa shape index (κ3) is 6.39. The molecule has 0 saturated carbocycles. The molecule has 150 valence electrons. The second-order valence-electron chi connectivity index (χ2n) is 7.34. The van der Waals surface area contributed by atoms with Gasteiger partial charge in [0, 0.05) is 31.0 Å². The normalized spacial score (nSPS) is 11.6. The van der Waals surface area contributed by atoms with E-state index >= 15 is 0 Å². The number of aryl methyl sites for hydroxylation is 2. The Hall–Kier alpha value is -2.86. The van der Waals surface area contributed by atoms with Crippen LogP contribution in [0.2, 0.25) is 0 Å². The van der Waals surface area contributed by atoms with Crippen molar-refractivity contribution in [1.29, 1.82) is 0 Å². The van der Waals surface area contributed by atoms with Gasteiger partial charge in [0.05, 0.1) is 6.54 Å². The standard InChI is InChI=1S/C22H30N4O2/c1-6-26(14-18-8-10-19(11-9-18)25(4)5)15-21(27)24-22(28)23-20-12-7-16(2)13-17(20)3/h7-13H,6,14-15H2,1-5H3,(H2,23,24,27,28)/p+1. The molecule has 3 amide bonds. The lowest BCUT2D eigenvalue weighted by molar-refractivity contribution is -0.904. The third-order valence-corrected chi connectivity index (χ3v) is 4.70. The maximum absolute atomic E-state index is 12.3. The number of amides is 3. The summed E-state index contributed by atoms with van der Waals surface area (Å²) in [6.07, 6.45) is 0. The van der Waals surface area contributed by atoms with Gasteiger partial charge in [-0.05, 0) is 44.5 Å². The lowest BCUT2D eigenvalue weighted by Gasteiger charge is -2.18. The molecule has 0 aliphatic carbocycles. The molecule has 1 atom stereocenters. The van der Waals surface area contributed by atoms with Crippen LogP contribution in [0.5, 0.6) is 0 Å². The number of nitrogens with zero attached hydrogens (tertiary/aromatic N) is 1. The molecule has 2 rings (SSSR count). The zero-order valence-electron chi connectivity index (χ0n) is 17.4. The number of imide groups is 1. The van der Waals surface area contributed by atoms with E-state index in [2.05, 4.69) is 39.8 Å². The van der Waals surface area contributed by atoms with Gasteiger partial charge < -0.3 is 15.1 Å². The fraction of sp³-hybridized carbons (Fsp3) is 0.364. The van der Waals surface area contributed by atoms with Gasteiger partial charge >= 0.3 is 6.03 Å². The highest BCUT2D eigenvalue weighted by molar-refractivity contribution is 6.01. The van der Waals surface area contributed by atoms with Crippen molar-refractivity contribution >= 4 is 23.3 Å². The Bertz CT molecular complexity index is 816. The Labute approximate surface area is 167 Å². The number of urea groups is 1. The lowest BCUT2D eigenvalue weighted by Crippen LogP contribution is -3.11. The van der Waals surface area contributed by atoms with Crippen molar-refractivity contribution in [3.05, 3.63) is 59.2 Å². The first kappa shape index (κ1) is 21.4. The smallest absolute Gasteiger partial charge is 0.326 e. The number of quaternary nitrogens is 1. The van der Waals surface area contributed by atoms with Gasteiger partial charge in [-0.15, -0.1) is 0 Å². The number of likely N-dealkylation sites (N-methyl/N-ethyl adjacent to an activating group) is 1. The Morgan fingerprint density at radius 2 is 1.71 bits per heavy atom. The monoisotopic (exact) mass is 383 g/mol. The molecule has 0 fully saturated rings. The molecule has 0 aliphatic heterocycles. The van der Waals surface area contributed by atoms with Gasteiger partial charge in [0.15, 0.2) is 6.54 Å². The minimum absolute atomic E-state index is 0.242. The number of rotatable bonds is 7. The van der Waals surface area contributed by atoms with Crippen molar-refractivity contribution in [3.63, 3.8) is 0 Å². The molecule has 0 aromatic heterocycles. The molecule has 2 aromatic carbocycles. The number of carbonyl (C=O) groups is 2. The number of nitrogens with one attached hydrogen (secondary N) is 3. The topological polar surface area (TPSA) is 65.9 Å². The number of benzene rings is 2. The first-order chi connectivity index (χ1) is 13.3. The summed E-state index contributed by atoms with van der Waals surface area (Å²) in [6.45, 7) is 7.72. The predicted octanol–water partition coefficient (Wildman–Crippen LogP) is 2.12. The molecule has 0 heterocycles. The molecule has 0 bridgehead atoms. The minimum atomic E-state index is -0.497. The fourth-order valence-electron chi connectivity index (χ4n) is 3.02. The first-order valence-corrected chi connectivity index (χ1v) is 9.56. The van der Waals surface area contributed by atoms with Crippen LogP contribution in [0.15, 0.2) is 42.5 Å². The van der Waals surface area contributed by atoms with Crippen molar-refractivity contribution in [3.8, 4) is 0 Å². The van der Waals surface area contributed by atoms with Gasteiger partial charge in [-0.2, -0.15) is 0 Å². The first-order valence-electron chi connectivity index (χ1n) is 9.56. The van der Waals surface area contributed by atoms with Crippen LogP contribution in [0.25, 0.3) is 0 Å². The van der Waals surface area contributed by atoms with Crippen molar-refractivity contribution in [2.45, 2.75) is 27.3 Å². The number of anilines is 2. The molecular formula is C22H31N4O2+. The summed E-state index contributed by atoms with van der Waals surface area (Å²) < 4.78 is 0. The quantitative estimate of drug-likeness (QED) is 0.686. The maximum Gasteiger partial charge on any atom is 0.326 e. The van der Waals surface area contributed by atoms with Crippen molar-refractivity contribution < 1.29 is 14.5 Å². The summed E-state index contributed by atoms with van der Waals surface area (Å²) in [5.74, 6) is -0.288. The molecule has 6 nitrogen and oxygen atoms in total. The van der Waals surface area contributed by atoms with Crippen LogP contribution in [0.4, 0.5) is 16.2 Å². The SMILES string of the molecule is CC[NH+](CC(=O)NC(=O)Nc1ccc(C)cc1C)Cc1ccc(N(C)C)cc1. The Morgan fingerprint density at radius 3 is 2.29 bits per heavy atom. The van der Waals surface area contributed by atoms with Crippen molar-refractivity contribution in [2.24, 2.45) is 0 Å². The molecule has 0 saturated heterocycles. The second-order valence-corrected chi connectivity index (χ2v) is 7.34. The lowest BCUT2D eigenvalue weighted by atomic mass is 10.1. The van der Waals surface area contributed by atoms with E-state index in [-0.39, 0.29) is 12.5 Å². The molecule has 0 aliphatic rings. The molecule has 2 aromatic rings. The van der Waals surface area contributed by atoms with Gasteiger partial charge in [-0.25, -0.2) is 4.79 Å². The zero-order chi connectivity index (χ0) is 20.7. The maximum atomic E-state index is 12.3. The van der Waals surface area contributed by atoms with Crippen molar-refractivity contribution in [2.75, 3.05) is 37.4 Å². The van der Waals surface area contributed by atoms with Crippen LogP contribution in [0.3, 0.4) is 0 Å². The number of hydrogen-bond acceptors (Lipinski definition) is 3. The number of carbonyl (C=O) groups excluding carboxylic acids is 2. The van der Waals surface area contributed by atoms with E-state index in [0.717, 1.165) is 40.4 Å². The fourth-order valence-corrected chi connectivity index (χ4v) is 3.02. The van der Waals surface area contributed by atoms with Crippen LogP contribution in [-0.4, -0.2) is 39.1 Å². The largest absolute Gasteiger partial charge is 0.378 e. The van der Waals surface area contributed by atoms with Crippen LogP contribution < -0.4 is 20.4 Å². The van der Waals surface area contributed by atoms with Crippen molar-refractivity contribution in [1.82, 2.24) is 5.32 Å². The zero-order valence-corrected chi connectivity index (χ0v) is 17.4. The van der Waals surface area contributed by atoms with Gasteiger partial charge in [-0.3, -0.25) is 10.1 Å². The summed E-state index contributed by atoms with van der Waals surface area (Å²) in [7, 11) is 4.01. The Morgan fingerprint density at radius 1 is 1.04 bits per heavy atom. The summed E-state index contributed by atoms with van der Waals surface area (Å²) in [5, 5.41) is 5.17. The minimum Gasteiger partial charge on any atom is -0.378 e. The van der Waals surface area contributed by atoms with E-state index in [1.807, 2.05) is 53.1 Å². The summed E-state index contributed by atoms with van der Waals surface area (Å²) in [6, 6.07) is 13.6. The molecule has 1 unspecified atom stereocenters. The summed E-state index contributed by atoms with van der Waals surface area (Å²) in [4.78, 5) is 27.6. The highest BCUT2D eigenvalue weighted by atomic mass is 16.2. The highest BCUT2D eigenvalue weighted by Gasteiger charge is 2.16. The molecule has 3 N–H and O–H groups in total. The van der Waals surface area contributed by atoms with Crippen LogP contribution in [0, 0.1) is 13.8 Å². The highest BCUT2D eigenvalue weighted by Crippen LogP contribution is 2.15. The molecule has 0 radical (unpaired) electrons. The second kappa shape index (κ2) is 9.90. The molecule has 6 heteroatoms. The Kier molecular flexibility index (Phi) is 7.58. The summed E-state index contributed by atoms with van der Waals surface area (Å²) in [5.41, 5.74) is 5.10. The molecule has 28 heavy (non-hydrogen) atoms.